The van der Waals surface area contributed by atoms with Gasteiger partial charge in [0.2, 0.25) is 5.91 Å². The van der Waals surface area contributed by atoms with Gasteiger partial charge in [-0.1, -0.05) is 18.6 Å². The van der Waals surface area contributed by atoms with Crippen molar-refractivity contribution in [1.82, 2.24) is 0 Å². The van der Waals surface area contributed by atoms with E-state index in [1.54, 1.807) is 0 Å². The normalized spacial score (nSPS) is 16.8. The fourth-order valence-electron chi connectivity index (χ4n) is 2.84. The Bertz CT molecular complexity index is 446. The molecule has 0 saturated heterocycles. The van der Waals surface area contributed by atoms with Crippen LogP contribution in [0.25, 0.3) is 0 Å². The molecule has 0 spiro atoms. The maximum atomic E-state index is 12.5. The first-order chi connectivity index (χ1) is 9.10. The van der Waals surface area contributed by atoms with Crippen LogP contribution in [0.1, 0.15) is 38.2 Å². The molecule has 1 aliphatic carbocycles. The van der Waals surface area contributed by atoms with Crippen LogP contribution >= 0.6 is 0 Å². The van der Waals surface area contributed by atoms with Crippen molar-refractivity contribution in [3.05, 3.63) is 29.8 Å². The van der Waals surface area contributed by atoms with Crippen molar-refractivity contribution >= 4 is 11.6 Å². The van der Waals surface area contributed by atoms with Gasteiger partial charge >= 0.3 is 0 Å². The first-order valence-corrected chi connectivity index (χ1v) is 7.17. The van der Waals surface area contributed by atoms with Gasteiger partial charge in [-0.2, -0.15) is 0 Å². The van der Waals surface area contributed by atoms with E-state index in [0.717, 1.165) is 18.5 Å². The number of carbonyl (C=O) groups is 1. The molecule has 3 heteroatoms. The van der Waals surface area contributed by atoms with Crippen LogP contribution in [-0.4, -0.2) is 19.0 Å². The molecule has 0 radical (unpaired) electrons. The fraction of sp³-hybridized carbons (Fsp3) is 0.562. The van der Waals surface area contributed by atoms with E-state index in [1.165, 1.54) is 12.0 Å². The molecule has 0 aliphatic heterocycles. The molecule has 0 atom stereocenters. The summed E-state index contributed by atoms with van der Waals surface area (Å²) >= 11 is 0. The van der Waals surface area contributed by atoms with E-state index < -0.39 is 0 Å². The molecule has 2 N–H and O–H groups in total. The van der Waals surface area contributed by atoms with Crippen LogP contribution in [-0.2, 0) is 4.79 Å². The molecular formula is C16H24N2O. The Morgan fingerprint density at radius 2 is 2.16 bits per heavy atom. The standard InChI is InChI=1S/C16H24N2O/c1-3-18(14-7-4-6-13(2)10-14)15(19)11-16(12-17)8-5-9-16/h4,6-7,10H,3,5,8-9,11-12,17H2,1-2H3. The second-order valence-corrected chi connectivity index (χ2v) is 5.71. The van der Waals surface area contributed by atoms with Crippen molar-refractivity contribution in [2.45, 2.75) is 39.5 Å². The SMILES string of the molecule is CCN(C(=O)CC1(CN)CCC1)c1cccc(C)c1. The van der Waals surface area contributed by atoms with Gasteiger partial charge in [0.1, 0.15) is 0 Å². The molecule has 0 unspecified atom stereocenters. The number of hydrogen-bond donors (Lipinski definition) is 1. The molecular weight excluding hydrogens is 236 g/mol. The molecule has 1 amide bonds. The highest BCUT2D eigenvalue weighted by atomic mass is 16.2. The topological polar surface area (TPSA) is 46.3 Å². The van der Waals surface area contributed by atoms with Gasteiger partial charge in [0.25, 0.3) is 0 Å². The molecule has 1 aromatic carbocycles. The molecule has 0 bridgehead atoms. The van der Waals surface area contributed by atoms with E-state index >= 15 is 0 Å². The molecule has 1 fully saturated rings. The Morgan fingerprint density at radius 1 is 1.42 bits per heavy atom. The summed E-state index contributed by atoms with van der Waals surface area (Å²) in [4.78, 5) is 14.4. The van der Waals surface area contributed by atoms with Crippen molar-refractivity contribution in [1.29, 1.82) is 0 Å². The molecule has 1 saturated carbocycles. The van der Waals surface area contributed by atoms with Crippen molar-refractivity contribution < 1.29 is 4.79 Å². The van der Waals surface area contributed by atoms with E-state index in [0.29, 0.717) is 19.5 Å². The van der Waals surface area contributed by atoms with Gasteiger partial charge in [0.15, 0.2) is 0 Å². The summed E-state index contributed by atoms with van der Waals surface area (Å²) in [6, 6.07) is 8.12. The Morgan fingerprint density at radius 3 is 2.63 bits per heavy atom. The van der Waals surface area contributed by atoms with E-state index in [1.807, 2.05) is 24.0 Å². The van der Waals surface area contributed by atoms with Gasteiger partial charge in [-0.15, -0.1) is 0 Å². The fourth-order valence-corrected chi connectivity index (χ4v) is 2.84. The van der Waals surface area contributed by atoms with Gasteiger partial charge in [-0.25, -0.2) is 0 Å². The van der Waals surface area contributed by atoms with Crippen LogP contribution in [0, 0.1) is 12.3 Å². The lowest BCUT2D eigenvalue weighted by Crippen LogP contribution is -2.43. The number of benzene rings is 1. The molecule has 1 aliphatic rings. The second-order valence-electron chi connectivity index (χ2n) is 5.71. The zero-order valence-corrected chi connectivity index (χ0v) is 12.0. The Labute approximate surface area is 115 Å². The Kier molecular flexibility index (Phi) is 4.25. The summed E-state index contributed by atoms with van der Waals surface area (Å²) < 4.78 is 0. The lowest BCUT2D eigenvalue weighted by atomic mass is 9.66. The van der Waals surface area contributed by atoms with Gasteiger partial charge in [0, 0.05) is 18.7 Å². The average molecular weight is 260 g/mol. The van der Waals surface area contributed by atoms with Crippen LogP contribution in [0.2, 0.25) is 0 Å². The van der Waals surface area contributed by atoms with Crippen LogP contribution in [0.3, 0.4) is 0 Å². The van der Waals surface area contributed by atoms with Gasteiger partial charge in [0.05, 0.1) is 0 Å². The third kappa shape index (κ3) is 2.98. The first-order valence-electron chi connectivity index (χ1n) is 7.17. The molecule has 1 aromatic rings. The van der Waals surface area contributed by atoms with Crippen LogP contribution in [0.15, 0.2) is 24.3 Å². The summed E-state index contributed by atoms with van der Waals surface area (Å²) in [6.07, 6.45) is 3.99. The molecule has 0 aromatic heterocycles. The summed E-state index contributed by atoms with van der Waals surface area (Å²) in [5.41, 5.74) is 8.11. The number of rotatable bonds is 5. The maximum Gasteiger partial charge on any atom is 0.227 e. The zero-order chi connectivity index (χ0) is 13.9. The van der Waals surface area contributed by atoms with Crippen LogP contribution < -0.4 is 10.6 Å². The number of nitrogens with two attached hydrogens (primary N) is 1. The highest BCUT2D eigenvalue weighted by Crippen LogP contribution is 2.43. The number of nitrogens with zero attached hydrogens (tertiary/aromatic N) is 1. The number of anilines is 1. The highest BCUT2D eigenvalue weighted by molar-refractivity contribution is 5.93. The van der Waals surface area contributed by atoms with Crippen molar-refractivity contribution in [3.63, 3.8) is 0 Å². The zero-order valence-electron chi connectivity index (χ0n) is 12.0. The van der Waals surface area contributed by atoms with Crippen molar-refractivity contribution in [2.75, 3.05) is 18.0 Å². The number of amides is 1. The second kappa shape index (κ2) is 5.74. The summed E-state index contributed by atoms with van der Waals surface area (Å²) in [5, 5.41) is 0. The van der Waals surface area contributed by atoms with E-state index in [4.69, 9.17) is 5.73 Å². The predicted molar refractivity (Wildman–Crippen MR) is 79.2 cm³/mol. The minimum atomic E-state index is 0.0777. The van der Waals surface area contributed by atoms with E-state index in [-0.39, 0.29) is 11.3 Å². The third-order valence-electron chi connectivity index (χ3n) is 4.30. The van der Waals surface area contributed by atoms with Crippen LogP contribution in [0.5, 0.6) is 0 Å². The quantitative estimate of drug-likeness (QED) is 0.885. The van der Waals surface area contributed by atoms with E-state index in [9.17, 15) is 4.79 Å². The molecule has 104 valence electrons. The maximum absolute atomic E-state index is 12.5. The largest absolute Gasteiger partial charge is 0.330 e. The van der Waals surface area contributed by atoms with Crippen molar-refractivity contribution in [3.8, 4) is 0 Å². The molecule has 19 heavy (non-hydrogen) atoms. The first kappa shape index (κ1) is 14.1. The summed E-state index contributed by atoms with van der Waals surface area (Å²) in [6.45, 7) is 5.41. The monoisotopic (exact) mass is 260 g/mol. The van der Waals surface area contributed by atoms with E-state index in [2.05, 4.69) is 19.1 Å². The van der Waals surface area contributed by atoms with Gasteiger partial charge in [-0.05, 0) is 56.3 Å². The lowest BCUT2D eigenvalue weighted by molar-refractivity contribution is -0.122. The summed E-state index contributed by atoms with van der Waals surface area (Å²) in [5.74, 6) is 0.207. The summed E-state index contributed by atoms with van der Waals surface area (Å²) in [7, 11) is 0. The highest BCUT2D eigenvalue weighted by Gasteiger charge is 2.38. The van der Waals surface area contributed by atoms with Crippen molar-refractivity contribution in [2.24, 2.45) is 11.1 Å². The smallest absolute Gasteiger partial charge is 0.227 e. The minimum Gasteiger partial charge on any atom is -0.330 e. The Balaban J connectivity index is 2.11. The average Bonchev–Trinajstić information content (AvgIpc) is 2.35. The molecule has 3 nitrogen and oxygen atoms in total. The van der Waals surface area contributed by atoms with Crippen LogP contribution in [0.4, 0.5) is 5.69 Å². The number of aryl methyl sites for hydroxylation is 1. The number of carbonyl (C=O) groups excluding carboxylic acids is 1. The third-order valence-corrected chi connectivity index (χ3v) is 4.30. The minimum absolute atomic E-state index is 0.0777. The Hall–Kier alpha value is -1.35. The molecule has 0 heterocycles. The number of hydrogen-bond acceptors (Lipinski definition) is 2. The lowest BCUT2D eigenvalue weighted by Gasteiger charge is -2.41. The van der Waals surface area contributed by atoms with Gasteiger partial charge < -0.3 is 10.6 Å². The molecule has 2 rings (SSSR count). The van der Waals surface area contributed by atoms with Gasteiger partial charge in [-0.3, -0.25) is 4.79 Å². The predicted octanol–water partition coefficient (Wildman–Crippen LogP) is 2.87.